The Labute approximate surface area is 78.4 Å². The molecule has 2 aromatic heterocycles. The largest absolute Gasteiger partial charge is 0.491 e. The van der Waals surface area contributed by atoms with Gasteiger partial charge in [0, 0.05) is 5.39 Å². The van der Waals surface area contributed by atoms with Crippen molar-refractivity contribution in [2.75, 3.05) is 0 Å². The highest BCUT2D eigenvalue weighted by molar-refractivity contribution is 6.02. The summed E-state index contributed by atoms with van der Waals surface area (Å²) in [5.74, 6) is -0.113. The number of aromatic nitrogens is 4. The fourth-order valence-corrected chi connectivity index (χ4v) is 1.49. The van der Waals surface area contributed by atoms with E-state index in [0.717, 1.165) is 10.9 Å². The fourth-order valence-electron chi connectivity index (χ4n) is 1.49. The van der Waals surface area contributed by atoms with Crippen LogP contribution in [0.15, 0.2) is 24.3 Å². The second-order valence-corrected chi connectivity index (χ2v) is 2.99. The van der Waals surface area contributed by atoms with Gasteiger partial charge < -0.3 is 5.11 Å². The third kappa shape index (κ3) is 0.806. The third-order valence-corrected chi connectivity index (χ3v) is 2.15. The molecule has 0 bridgehead atoms. The lowest BCUT2D eigenvalue weighted by molar-refractivity contribution is 0.456. The van der Waals surface area contributed by atoms with Gasteiger partial charge in [-0.05, 0) is 6.07 Å². The summed E-state index contributed by atoms with van der Waals surface area (Å²) in [6.07, 6.45) is 0. The molecular weight excluding hydrogens is 180 g/mol. The Hall–Kier alpha value is -2.17. The summed E-state index contributed by atoms with van der Waals surface area (Å²) in [4.78, 5) is 0. The number of benzene rings is 1. The molecule has 1 aromatic carbocycles. The topological polar surface area (TPSA) is 74.7 Å². The molecule has 3 rings (SSSR count). The highest BCUT2D eigenvalue weighted by atomic mass is 16.3. The summed E-state index contributed by atoms with van der Waals surface area (Å²) >= 11 is 0. The van der Waals surface area contributed by atoms with Crippen LogP contribution in [-0.2, 0) is 0 Å². The summed E-state index contributed by atoms with van der Waals surface area (Å²) in [6.45, 7) is 0. The SMILES string of the molecule is Oc1n[nH]c2c1nnc1ccccc12. The van der Waals surface area contributed by atoms with E-state index in [0.29, 0.717) is 11.0 Å². The summed E-state index contributed by atoms with van der Waals surface area (Å²) in [6, 6.07) is 7.56. The van der Waals surface area contributed by atoms with Crippen LogP contribution < -0.4 is 0 Å². The minimum atomic E-state index is -0.113. The molecule has 0 fully saturated rings. The Bertz CT molecular complexity index is 616. The first-order chi connectivity index (χ1) is 6.86. The highest BCUT2D eigenvalue weighted by Gasteiger charge is 2.08. The molecule has 0 aliphatic heterocycles. The van der Waals surface area contributed by atoms with Gasteiger partial charge in [0.25, 0.3) is 5.88 Å². The Morgan fingerprint density at radius 1 is 1.14 bits per heavy atom. The number of rotatable bonds is 0. The Morgan fingerprint density at radius 2 is 2.00 bits per heavy atom. The molecule has 0 saturated carbocycles. The van der Waals surface area contributed by atoms with Crippen molar-refractivity contribution in [3.8, 4) is 5.88 Å². The van der Waals surface area contributed by atoms with Gasteiger partial charge in [-0.15, -0.1) is 15.3 Å². The average molecular weight is 186 g/mol. The van der Waals surface area contributed by atoms with E-state index >= 15 is 0 Å². The maximum atomic E-state index is 9.33. The van der Waals surface area contributed by atoms with Crippen molar-refractivity contribution in [1.82, 2.24) is 20.4 Å². The highest BCUT2D eigenvalue weighted by Crippen LogP contribution is 2.24. The second kappa shape index (κ2) is 2.41. The van der Waals surface area contributed by atoms with Gasteiger partial charge in [-0.2, -0.15) is 0 Å². The van der Waals surface area contributed by atoms with E-state index in [4.69, 9.17) is 0 Å². The number of nitrogens with one attached hydrogen (secondary N) is 1. The Morgan fingerprint density at radius 3 is 2.93 bits per heavy atom. The molecule has 2 heterocycles. The van der Waals surface area contributed by atoms with Crippen molar-refractivity contribution >= 4 is 21.9 Å². The van der Waals surface area contributed by atoms with Crippen LogP contribution in [0.25, 0.3) is 21.9 Å². The van der Waals surface area contributed by atoms with Gasteiger partial charge in [0.15, 0.2) is 5.52 Å². The zero-order valence-electron chi connectivity index (χ0n) is 7.10. The lowest BCUT2D eigenvalue weighted by Crippen LogP contribution is -1.84. The minimum Gasteiger partial charge on any atom is -0.491 e. The van der Waals surface area contributed by atoms with Gasteiger partial charge in [0.1, 0.15) is 0 Å². The molecule has 0 saturated heterocycles. The van der Waals surface area contributed by atoms with Gasteiger partial charge in [-0.3, -0.25) is 5.10 Å². The first-order valence-electron chi connectivity index (χ1n) is 4.15. The van der Waals surface area contributed by atoms with Crippen LogP contribution in [0.5, 0.6) is 5.88 Å². The molecule has 0 aliphatic carbocycles. The number of hydrogen-bond acceptors (Lipinski definition) is 4. The first kappa shape index (κ1) is 7.25. The number of fused-ring (bicyclic) bond motifs is 3. The molecule has 5 nitrogen and oxygen atoms in total. The molecule has 0 aliphatic rings. The Balaban J connectivity index is 2.61. The third-order valence-electron chi connectivity index (χ3n) is 2.15. The lowest BCUT2D eigenvalue weighted by Gasteiger charge is -1.95. The number of H-pyrrole nitrogens is 1. The Kier molecular flexibility index (Phi) is 1.25. The van der Waals surface area contributed by atoms with Crippen LogP contribution in [0.3, 0.4) is 0 Å². The van der Waals surface area contributed by atoms with Gasteiger partial charge in [0.05, 0.1) is 11.0 Å². The van der Waals surface area contributed by atoms with Crippen LogP contribution >= 0.6 is 0 Å². The van der Waals surface area contributed by atoms with E-state index in [-0.39, 0.29) is 5.88 Å². The molecule has 3 aromatic rings. The standard InChI is InChI=1S/C9H6N4O/c14-9-8-7(11-13-9)5-3-1-2-4-6(5)10-12-8/h1-4H,(H2,11,13,14). The number of nitrogens with zero attached hydrogens (tertiary/aromatic N) is 3. The van der Waals surface area contributed by atoms with E-state index in [2.05, 4.69) is 20.4 Å². The molecule has 0 unspecified atom stereocenters. The molecule has 0 spiro atoms. The number of aromatic hydroxyl groups is 1. The van der Waals surface area contributed by atoms with Gasteiger partial charge in [0.2, 0.25) is 0 Å². The quantitative estimate of drug-likeness (QED) is 0.553. The fraction of sp³-hybridized carbons (Fsp3) is 0. The van der Waals surface area contributed by atoms with Crippen molar-refractivity contribution in [2.24, 2.45) is 0 Å². The van der Waals surface area contributed by atoms with Crippen LogP contribution in [0.4, 0.5) is 0 Å². The summed E-state index contributed by atoms with van der Waals surface area (Å²) in [5, 5.41) is 24.5. The maximum Gasteiger partial charge on any atom is 0.258 e. The second-order valence-electron chi connectivity index (χ2n) is 2.99. The monoisotopic (exact) mass is 186 g/mol. The van der Waals surface area contributed by atoms with Gasteiger partial charge in [-0.1, -0.05) is 18.2 Å². The van der Waals surface area contributed by atoms with E-state index in [1.807, 2.05) is 24.3 Å². The first-order valence-corrected chi connectivity index (χ1v) is 4.15. The summed E-state index contributed by atoms with van der Waals surface area (Å²) in [5.41, 5.74) is 1.90. The van der Waals surface area contributed by atoms with Crippen LogP contribution in [-0.4, -0.2) is 25.5 Å². The number of aromatic amines is 1. The summed E-state index contributed by atoms with van der Waals surface area (Å²) in [7, 11) is 0. The molecule has 0 radical (unpaired) electrons. The van der Waals surface area contributed by atoms with Gasteiger partial charge in [-0.25, -0.2) is 0 Å². The van der Waals surface area contributed by atoms with Crippen molar-refractivity contribution in [2.45, 2.75) is 0 Å². The van der Waals surface area contributed by atoms with Gasteiger partial charge >= 0.3 is 0 Å². The maximum absolute atomic E-state index is 9.33. The van der Waals surface area contributed by atoms with E-state index < -0.39 is 0 Å². The van der Waals surface area contributed by atoms with E-state index in [1.54, 1.807) is 0 Å². The lowest BCUT2D eigenvalue weighted by atomic mass is 10.2. The average Bonchev–Trinajstić information content (AvgIpc) is 2.61. The molecule has 0 atom stereocenters. The van der Waals surface area contributed by atoms with Crippen molar-refractivity contribution in [3.63, 3.8) is 0 Å². The smallest absolute Gasteiger partial charge is 0.258 e. The van der Waals surface area contributed by atoms with Crippen molar-refractivity contribution in [3.05, 3.63) is 24.3 Å². The minimum absolute atomic E-state index is 0.113. The molecular formula is C9H6N4O. The summed E-state index contributed by atoms with van der Waals surface area (Å²) < 4.78 is 0. The normalized spacial score (nSPS) is 11.1. The molecule has 2 N–H and O–H groups in total. The number of hydrogen-bond donors (Lipinski definition) is 2. The van der Waals surface area contributed by atoms with Crippen molar-refractivity contribution in [1.29, 1.82) is 0 Å². The molecule has 68 valence electrons. The molecule has 0 amide bonds. The zero-order chi connectivity index (χ0) is 9.54. The predicted molar refractivity (Wildman–Crippen MR) is 50.9 cm³/mol. The van der Waals surface area contributed by atoms with Crippen LogP contribution in [0.2, 0.25) is 0 Å². The molecule has 14 heavy (non-hydrogen) atoms. The van der Waals surface area contributed by atoms with Crippen LogP contribution in [0, 0.1) is 0 Å². The van der Waals surface area contributed by atoms with Crippen molar-refractivity contribution < 1.29 is 5.11 Å². The van der Waals surface area contributed by atoms with E-state index in [9.17, 15) is 5.11 Å². The van der Waals surface area contributed by atoms with E-state index in [1.165, 1.54) is 0 Å². The molecule has 5 heteroatoms. The van der Waals surface area contributed by atoms with Crippen LogP contribution in [0.1, 0.15) is 0 Å². The zero-order valence-corrected chi connectivity index (χ0v) is 7.10. The predicted octanol–water partition coefficient (Wildman–Crippen LogP) is 1.21.